The van der Waals surface area contributed by atoms with Crippen LogP contribution in [0.25, 0.3) is 0 Å². The fraction of sp³-hybridized carbons (Fsp3) is 0.444. The highest BCUT2D eigenvalue weighted by molar-refractivity contribution is 6.76. The Labute approximate surface area is 334 Å². The number of carbonyl (C=O) groups is 1. The Morgan fingerprint density at radius 2 is 0.893 bits per heavy atom. The van der Waals surface area contributed by atoms with E-state index in [1.807, 2.05) is 60.7 Å². The van der Waals surface area contributed by atoms with Crippen molar-refractivity contribution >= 4 is 22.2 Å². The van der Waals surface area contributed by atoms with Crippen LogP contribution < -0.4 is 0 Å². The van der Waals surface area contributed by atoms with Crippen molar-refractivity contribution in [3.05, 3.63) is 143 Å². The van der Waals surface area contributed by atoms with Gasteiger partial charge in [-0.05, 0) is 48.2 Å². The third-order valence-corrected chi connectivity index (χ3v) is 13.6. The number of hydrogen-bond acceptors (Lipinski definition) is 5. The molecule has 0 N–H and O–H groups in total. The minimum atomic E-state index is -1.39. The van der Waals surface area contributed by atoms with Gasteiger partial charge < -0.3 is 28.7 Å². The molecule has 1 saturated heterocycles. The first kappa shape index (κ1) is 43.4. The molecule has 7 nitrogen and oxygen atoms in total. The van der Waals surface area contributed by atoms with E-state index >= 15 is 13.6 Å². The number of halogens is 2. The first-order chi connectivity index (χ1) is 26.8. The first-order valence-corrected chi connectivity index (χ1v) is 27.2. The summed E-state index contributed by atoms with van der Waals surface area (Å²) in [6.45, 7) is 14.8. The molecule has 0 bridgehead atoms. The molecule has 0 aliphatic carbocycles. The zero-order valence-electron chi connectivity index (χ0n) is 34.0. The van der Waals surface area contributed by atoms with E-state index in [9.17, 15) is 0 Å². The van der Waals surface area contributed by atoms with Crippen LogP contribution in [0.1, 0.15) is 22.3 Å². The van der Waals surface area contributed by atoms with Gasteiger partial charge in [-0.2, -0.15) is 0 Å². The minimum absolute atomic E-state index is 0.0239. The molecule has 1 aliphatic heterocycles. The molecule has 302 valence electrons. The highest BCUT2D eigenvalue weighted by Gasteiger charge is 2.49. The highest BCUT2D eigenvalue weighted by atomic mass is 28.3. The molecule has 1 aliphatic rings. The molecule has 0 aromatic heterocycles. The summed E-state index contributed by atoms with van der Waals surface area (Å²) in [6.07, 6.45) is -0.721. The van der Waals surface area contributed by atoms with Crippen LogP contribution in [0, 0.1) is 11.6 Å². The molecule has 11 heteroatoms. The van der Waals surface area contributed by atoms with Gasteiger partial charge in [-0.3, -0.25) is 0 Å². The summed E-state index contributed by atoms with van der Waals surface area (Å²) < 4.78 is 57.2. The molecule has 0 saturated carbocycles. The van der Waals surface area contributed by atoms with Crippen molar-refractivity contribution in [1.29, 1.82) is 0 Å². The maximum Gasteiger partial charge on any atom is 0.321 e. The average molecular weight is 803 g/mol. The monoisotopic (exact) mass is 802 g/mol. The summed E-state index contributed by atoms with van der Waals surface area (Å²) in [5, 5.41) is 0. The third-order valence-electron chi connectivity index (χ3n) is 10.2. The summed E-state index contributed by atoms with van der Waals surface area (Å²) in [4.78, 5) is 18.9. The molecule has 5 rings (SSSR count). The second-order valence-electron chi connectivity index (χ2n) is 17.2. The average Bonchev–Trinajstić information content (AvgIpc) is 3.22. The van der Waals surface area contributed by atoms with Gasteiger partial charge in [-0.15, -0.1) is 0 Å². The molecular formula is C45H60F2N2O5Si2. The molecule has 0 radical (unpaired) electrons. The first-order valence-electron chi connectivity index (χ1n) is 19.8. The number of carbonyl (C=O) groups excluding carboxylic acids is 1. The van der Waals surface area contributed by atoms with Crippen molar-refractivity contribution in [3.63, 3.8) is 0 Å². The lowest BCUT2D eigenvalue weighted by molar-refractivity contribution is -0.188. The van der Waals surface area contributed by atoms with Crippen LogP contribution in [0.3, 0.4) is 0 Å². The van der Waals surface area contributed by atoms with Crippen LogP contribution in [0.15, 0.2) is 109 Å². The maximum absolute atomic E-state index is 15.6. The van der Waals surface area contributed by atoms with Gasteiger partial charge >= 0.3 is 6.03 Å². The van der Waals surface area contributed by atoms with Crippen LogP contribution in [0.4, 0.5) is 13.6 Å². The lowest BCUT2D eigenvalue weighted by Crippen LogP contribution is -2.53. The number of ether oxygens (including phenoxy) is 4. The van der Waals surface area contributed by atoms with Gasteiger partial charge in [0.25, 0.3) is 0 Å². The second kappa shape index (κ2) is 20.6. The predicted molar refractivity (Wildman–Crippen MR) is 225 cm³/mol. The van der Waals surface area contributed by atoms with E-state index in [0.29, 0.717) is 37.2 Å². The summed E-state index contributed by atoms with van der Waals surface area (Å²) in [5.74, 6) is -0.833. The Balaban J connectivity index is 1.66. The Kier molecular flexibility index (Phi) is 16.0. The van der Waals surface area contributed by atoms with E-state index in [2.05, 4.69) is 39.3 Å². The van der Waals surface area contributed by atoms with Gasteiger partial charge in [0.15, 0.2) is 0 Å². The van der Waals surface area contributed by atoms with E-state index in [1.165, 1.54) is 12.1 Å². The van der Waals surface area contributed by atoms with Gasteiger partial charge in [-0.1, -0.05) is 136 Å². The zero-order valence-corrected chi connectivity index (χ0v) is 36.0. The van der Waals surface area contributed by atoms with Crippen molar-refractivity contribution in [2.75, 3.05) is 26.8 Å². The normalized spacial score (nSPS) is 19.3. The van der Waals surface area contributed by atoms with Gasteiger partial charge in [0.1, 0.15) is 37.4 Å². The van der Waals surface area contributed by atoms with Crippen LogP contribution in [0.5, 0.6) is 0 Å². The number of hydrogen-bond donors (Lipinski definition) is 0. The highest BCUT2D eigenvalue weighted by Crippen LogP contribution is 2.34. The fourth-order valence-electron chi connectivity index (χ4n) is 6.93. The van der Waals surface area contributed by atoms with E-state index in [0.717, 1.165) is 23.2 Å². The summed E-state index contributed by atoms with van der Waals surface area (Å²) >= 11 is 0. The summed E-state index contributed by atoms with van der Waals surface area (Å²) in [5.41, 5.74) is 2.68. The van der Waals surface area contributed by atoms with Gasteiger partial charge in [0.05, 0.1) is 25.2 Å². The smallest absolute Gasteiger partial charge is 0.321 e. The van der Waals surface area contributed by atoms with Crippen LogP contribution in [-0.4, -0.2) is 83.1 Å². The van der Waals surface area contributed by atoms with Gasteiger partial charge in [0, 0.05) is 40.5 Å². The Hall–Kier alpha value is -3.72. The van der Waals surface area contributed by atoms with Crippen LogP contribution >= 0.6 is 0 Å². The van der Waals surface area contributed by atoms with Gasteiger partial charge in [0.2, 0.25) is 0 Å². The molecule has 1 heterocycles. The van der Waals surface area contributed by atoms with E-state index in [4.69, 9.17) is 18.9 Å². The molecular weight excluding hydrogens is 743 g/mol. The van der Waals surface area contributed by atoms with Crippen LogP contribution in [-0.2, 0) is 44.9 Å². The number of rotatable bonds is 20. The Bertz CT molecular complexity index is 1660. The van der Waals surface area contributed by atoms with Crippen molar-refractivity contribution in [1.82, 2.24) is 9.80 Å². The number of urea groups is 1. The second-order valence-corrected chi connectivity index (χ2v) is 28.4. The number of nitrogens with zero attached hydrogens (tertiary/aromatic N) is 2. The fourth-order valence-corrected chi connectivity index (χ4v) is 8.45. The van der Waals surface area contributed by atoms with Crippen molar-refractivity contribution in [2.24, 2.45) is 0 Å². The molecule has 2 amide bonds. The predicted octanol–water partition coefficient (Wildman–Crippen LogP) is 10.0. The molecule has 4 aromatic rings. The Morgan fingerprint density at radius 1 is 0.536 bits per heavy atom. The lowest BCUT2D eigenvalue weighted by Gasteiger charge is -2.38. The number of amides is 2. The summed E-state index contributed by atoms with van der Waals surface area (Å²) in [6, 6.07) is 33.2. The van der Waals surface area contributed by atoms with Gasteiger partial charge in [-0.25, -0.2) is 13.6 Å². The minimum Gasteiger partial charge on any atom is -0.356 e. The van der Waals surface area contributed by atoms with Crippen LogP contribution in [0.2, 0.25) is 51.4 Å². The summed E-state index contributed by atoms with van der Waals surface area (Å²) in [7, 11) is -2.78. The zero-order chi connectivity index (χ0) is 40.1. The standard InChI is InChI=1S/C45H60F2N2O5Si2/c1-55(2,3)27-25-51-33-53-43-41(29-35-17-9-7-10-18-35)48(31-37-21-13-15-23-39(37)46)45(50)49(32-38-22-14-16-24-40(38)47)42(30-36-19-11-8-12-20-36)44(43)54-34-52-26-28-56(4,5)6/h7-24,41-44H,25-34H2,1-6H3/t41-,42-,43+,44+/m1/s1. The molecule has 0 unspecified atom stereocenters. The quantitative estimate of drug-likeness (QED) is 0.0506. The van der Waals surface area contributed by atoms with E-state index < -0.39 is 52.1 Å². The molecule has 4 atom stereocenters. The lowest BCUT2D eigenvalue weighted by atomic mass is 9.90. The topological polar surface area (TPSA) is 60.5 Å². The Morgan fingerprint density at radius 3 is 1.25 bits per heavy atom. The SMILES string of the molecule is C[Si](C)(C)CCOCO[C@@H]1[C@@H](OCOCC[Si](C)(C)C)[C@@H](Cc2ccccc2)N(Cc2ccccc2F)C(=O)N(Cc2ccccc2F)[C@@H]1Cc1ccccc1. The van der Waals surface area contributed by atoms with E-state index in [1.54, 1.807) is 46.2 Å². The third kappa shape index (κ3) is 13.2. The molecule has 1 fully saturated rings. The number of benzene rings is 4. The van der Waals surface area contributed by atoms with Crippen molar-refractivity contribution in [2.45, 2.75) is 102 Å². The van der Waals surface area contributed by atoms with E-state index in [-0.39, 0.29) is 32.7 Å². The van der Waals surface area contributed by atoms with Crippen molar-refractivity contribution in [3.8, 4) is 0 Å². The molecule has 0 spiro atoms. The molecule has 4 aromatic carbocycles. The van der Waals surface area contributed by atoms with Crippen molar-refractivity contribution < 1.29 is 32.5 Å². The maximum atomic E-state index is 15.6. The molecule has 56 heavy (non-hydrogen) atoms. The largest absolute Gasteiger partial charge is 0.356 e.